The summed E-state index contributed by atoms with van der Waals surface area (Å²) in [5.41, 5.74) is 6.91. The molecule has 4 nitrogen and oxygen atoms in total. The van der Waals surface area contributed by atoms with Crippen molar-refractivity contribution in [3.8, 4) is 11.4 Å². The second-order valence-electron chi connectivity index (χ2n) is 3.15. The highest BCUT2D eigenvalue weighted by atomic mass is 35.5. The molecule has 0 unspecified atom stereocenters. The molecule has 0 aliphatic heterocycles. The van der Waals surface area contributed by atoms with E-state index < -0.39 is 0 Å². The van der Waals surface area contributed by atoms with Crippen molar-refractivity contribution in [3.05, 3.63) is 27.6 Å². The van der Waals surface area contributed by atoms with Crippen molar-refractivity contribution in [3.63, 3.8) is 0 Å². The van der Waals surface area contributed by atoms with Gasteiger partial charge in [-0.3, -0.25) is 0 Å². The third-order valence-electron chi connectivity index (χ3n) is 2.19. The second-order valence-corrected chi connectivity index (χ2v) is 4.22. The fourth-order valence-electron chi connectivity index (χ4n) is 1.33. The van der Waals surface area contributed by atoms with E-state index in [1.54, 1.807) is 23.7 Å². The Morgan fingerprint density at radius 1 is 1.19 bits per heavy atom. The summed E-state index contributed by atoms with van der Waals surface area (Å²) in [7, 11) is 1.80. The first kappa shape index (κ1) is 11.5. The minimum absolute atomic E-state index is 0.0455. The van der Waals surface area contributed by atoms with Crippen molar-refractivity contribution in [2.45, 2.75) is 0 Å². The topological polar surface area (TPSA) is 56.7 Å². The van der Waals surface area contributed by atoms with Crippen LogP contribution in [-0.2, 0) is 7.05 Å². The summed E-state index contributed by atoms with van der Waals surface area (Å²) < 4.78 is 1.74. The SMILES string of the molecule is Cn1c(N)ccc1-c1nc(Cl)nc(Cl)c1Cl. The average molecular weight is 278 g/mol. The highest BCUT2D eigenvalue weighted by Gasteiger charge is 2.15. The van der Waals surface area contributed by atoms with Crippen LogP contribution in [0.15, 0.2) is 12.1 Å². The molecule has 0 saturated carbocycles. The second kappa shape index (κ2) is 4.13. The molecule has 2 rings (SSSR count). The maximum Gasteiger partial charge on any atom is 0.224 e. The van der Waals surface area contributed by atoms with Gasteiger partial charge in [-0.25, -0.2) is 9.97 Å². The molecule has 0 fully saturated rings. The number of nitrogens with zero attached hydrogens (tertiary/aromatic N) is 3. The van der Waals surface area contributed by atoms with Crippen LogP contribution in [0.4, 0.5) is 5.82 Å². The largest absolute Gasteiger partial charge is 0.385 e. The van der Waals surface area contributed by atoms with Crippen LogP contribution in [-0.4, -0.2) is 14.5 Å². The lowest BCUT2D eigenvalue weighted by Crippen LogP contribution is -2.00. The molecular weight excluding hydrogens is 270 g/mol. The number of hydrogen-bond acceptors (Lipinski definition) is 3. The van der Waals surface area contributed by atoms with Gasteiger partial charge in [-0.15, -0.1) is 0 Å². The molecule has 16 heavy (non-hydrogen) atoms. The molecule has 7 heteroatoms. The van der Waals surface area contributed by atoms with Crippen molar-refractivity contribution in [2.75, 3.05) is 5.73 Å². The number of hydrogen-bond donors (Lipinski definition) is 1. The van der Waals surface area contributed by atoms with Gasteiger partial charge in [-0.1, -0.05) is 23.2 Å². The van der Waals surface area contributed by atoms with E-state index in [9.17, 15) is 0 Å². The summed E-state index contributed by atoms with van der Waals surface area (Å²) in [4.78, 5) is 7.78. The molecule has 0 amide bonds. The molecule has 2 heterocycles. The van der Waals surface area contributed by atoms with Gasteiger partial charge in [0.1, 0.15) is 16.5 Å². The van der Waals surface area contributed by atoms with Gasteiger partial charge < -0.3 is 10.3 Å². The molecule has 2 aromatic rings. The Morgan fingerprint density at radius 3 is 2.44 bits per heavy atom. The molecule has 0 aromatic carbocycles. The predicted molar refractivity (Wildman–Crippen MR) is 65.9 cm³/mol. The van der Waals surface area contributed by atoms with E-state index in [0.717, 1.165) is 5.69 Å². The molecule has 2 aromatic heterocycles. The molecule has 0 bridgehead atoms. The van der Waals surface area contributed by atoms with Crippen LogP contribution >= 0.6 is 34.8 Å². The van der Waals surface area contributed by atoms with Crippen molar-refractivity contribution < 1.29 is 0 Å². The van der Waals surface area contributed by atoms with Crippen LogP contribution in [0.2, 0.25) is 15.5 Å². The summed E-state index contributed by atoms with van der Waals surface area (Å²) in [5.74, 6) is 0.594. The van der Waals surface area contributed by atoms with E-state index in [1.165, 1.54) is 0 Å². The van der Waals surface area contributed by atoms with E-state index in [2.05, 4.69) is 9.97 Å². The number of nitrogens with two attached hydrogens (primary N) is 1. The molecule has 0 spiro atoms. The molecule has 2 N–H and O–H groups in total. The smallest absolute Gasteiger partial charge is 0.224 e. The molecule has 0 saturated heterocycles. The third kappa shape index (κ3) is 1.84. The van der Waals surface area contributed by atoms with E-state index in [0.29, 0.717) is 11.5 Å². The van der Waals surface area contributed by atoms with Crippen LogP contribution < -0.4 is 5.73 Å². The molecular formula is C9H7Cl3N4. The third-order valence-corrected chi connectivity index (χ3v) is 3.08. The number of anilines is 1. The van der Waals surface area contributed by atoms with Crippen molar-refractivity contribution in [2.24, 2.45) is 7.05 Å². The van der Waals surface area contributed by atoms with Crippen molar-refractivity contribution >= 4 is 40.6 Å². The Morgan fingerprint density at radius 2 is 1.88 bits per heavy atom. The zero-order valence-corrected chi connectivity index (χ0v) is 10.5. The summed E-state index contributed by atoms with van der Waals surface area (Å²) in [5, 5.41) is 0.424. The minimum Gasteiger partial charge on any atom is -0.385 e. The standard InChI is InChI=1S/C9H7Cl3N4/c1-16-4(2-3-5(16)13)7-6(10)8(11)15-9(12)14-7/h2-3H,13H2,1H3. The fraction of sp³-hybridized carbons (Fsp3) is 0.111. The number of rotatable bonds is 1. The first-order valence-electron chi connectivity index (χ1n) is 4.31. The Bertz CT molecular complexity index is 550. The number of aromatic nitrogens is 3. The Kier molecular flexibility index (Phi) is 2.97. The Hall–Kier alpha value is -0.970. The van der Waals surface area contributed by atoms with E-state index >= 15 is 0 Å². The van der Waals surface area contributed by atoms with Crippen LogP contribution in [0.1, 0.15) is 0 Å². The first-order chi connectivity index (χ1) is 7.50. The van der Waals surface area contributed by atoms with E-state index in [4.69, 9.17) is 40.5 Å². The maximum atomic E-state index is 6.01. The van der Waals surface area contributed by atoms with Gasteiger partial charge in [-0.05, 0) is 23.7 Å². The van der Waals surface area contributed by atoms with Gasteiger partial charge >= 0.3 is 0 Å². The van der Waals surface area contributed by atoms with Gasteiger partial charge in [0.25, 0.3) is 0 Å². The van der Waals surface area contributed by atoms with E-state index in [1.807, 2.05) is 0 Å². The van der Waals surface area contributed by atoms with Crippen LogP contribution in [0, 0.1) is 0 Å². The monoisotopic (exact) mass is 276 g/mol. The first-order valence-corrected chi connectivity index (χ1v) is 5.44. The number of nitrogen functional groups attached to an aromatic ring is 1. The Balaban J connectivity index is 2.69. The summed E-state index contributed by atoms with van der Waals surface area (Å²) in [6, 6.07) is 3.53. The predicted octanol–water partition coefficient (Wildman–Crippen LogP) is 3.02. The van der Waals surface area contributed by atoms with Crippen LogP contribution in [0.5, 0.6) is 0 Å². The van der Waals surface area contributed by atoms with Crippen molar-refractivity contribution in [1.29, 1.82) is 0 Å². The van der Waals surface area contributed by atoms with Gasteiger partial charge in [0.05, 0.1) is 5.69 Å². The molecule has 0 radical (unpaired) electrons. The molecule has 0 aliphatic rings. The maximum absolute atomic E-state index is 6.01. The Labute approximate surface area is 107 Å². The summed E-state index contributed by atoms with van der Waals surface area (Å²) in [6.07, 6.45) is 0. The van der Waals surface area contributed by atoms with Gasteiger partial charge in [-0.2, -0.15) is 0 Å². The molecule has 0 atom stereocenters. The summed E-state index contributed by atoms with van der Waals surface area (Å²) >= 11 is 17.6. The highest BCUT2D eigenvalue weighted by molar-refractivity contribution is 6.43. The zero-order valence-electron chi connectivity index (χ0n) is 8.21. The molecule has 84 valence electrons. The van der Waals surface area contributed by atoms with Crippen molar-refractivity contribution in [1.82, 2.24) is 14.5 Å². The quantitative estimate of drug-likeness (QED) is 0.644. The van der Waals surface area contributed by atoms with Gasteiger partial charge in [0, 0.05) is 7.05 Å². The van der Waals surface area contributed by atoms with Crippen LogP contribution in [0.3, 0.4) is 0 Å². The normalized spacial score (nSPS) is 10.8. The molecule has 0 aliphatic carbocycles. The fourth-order valence-corrected chi connectivity index (χ4v) is 1.89. The van der Waals surface area contributed by atoms with Gasteiger partial charge in [0.2, 0.25) is 5.28 Å². The van der Waals surface area contributed by atoms with Gasteiger partial charge in [0.15, 0.2) is 5.15 Å². The minimum atomic E-state index is 0.0455. The lowest BCUT2D eigenvalue weighted by Gasteiger charge is -2.07. The number of halogens is 3. The van der Waals surface area contributed by atoms with Crippen LogP contribution in [0.25, 0.3) is 11.4 Å². The summed E-state index contributed by atoms with van der Waals surface area (Å²) in [6.45, 7) is 0. The zero-order chi connectivity index (χ0) is 11.9. The van der Waals surface area contributed by atoms with E-state index in [-0.39, 0.29) is 15.5 Å². The lowest BCUT2D eigenvalue weighted by atomic mass is 10.3. The highest BCUT2D eigenvalue weighted by Crippen LogP contribution is 2.32. The average Bonchev–Trinajstić information content (AvgIpc) is 2.54. The lowest BCUT2D eigenvalue weighted by molar-refractivity contribution is 0.941.